The van der Waals surface area contributed by atoms with Gasteiger partial charge in [-0.1, -0.05) is 35.5 Å². The van der Waals surface area contributed by atoms with Crippen molar-refractivity contribution in [3.05, 3.63) is 71.0 Å². The standard InChI is InChI=1S/C20H16N2O4/c1-12-8-18(22-26-12)21-19(23)11-25-20(24)15-7-6-14-9-13-4-2-3-5-16(13)17(14)10-15/h2-8,10H,9,11H2,1H3,(H,21,22,23). The number of aryl methyl sites for hydroxylation is 1. The summed E-state index contributed by atoms with van der Waals surface area (Å²) in [5.74, 6) is -0.143. The van der Waals surface area contributed by atoms with Crippen molar-refractivity contribution in [1.82, 2.24) is 5.16 Å². The number of amides is 1. The van der Waals surface area contributed by atoms with Gasteiger partial charge in [-0.25, -0.2) is 4.79 Å². The molecule has 1 heterocycles. The number of benzene rings is 2. The van der Waals surface area contributed by atoms with Gasteiger partial charge >= 0.3 is 5.97 Å². The summed E-state index contributed by atoms with van der Waals surface area (Å²) in [7, 11) is 0. The molecule has 0 spiro atoms. The molecule has 0 bridgehead atoms. The van der Waals surface area contributed by atoms with E-state index in [9.17, 15) is 9.59 Å². The summed E-state index contributed by atoms with van der Waals surface area (Å²) in [4.78, 5) is 24.1. The van der Waals surface area contributed by atoms with Crippen LogP contribution < -0.4 is 5.32 Å². The van der Waals surface area contributed by atoms with Gasteiger partial charge in [-0.2, -0.15) is 0 Å². The summed E-state index contributed by atoms with van der Waals surface area (Å²) in [6.45, 7) is 1.33. The number of nitrogens with one attached hydrogen (secondary N) is 1. The molecule has 1 aliphatic rings. The molecule has 2 aromatic carbocycles. The maximum absolute atomic E-state index is 12.3. The van der Waals surface area contributed by atoms with Gasteiger partial charge in [-0.05, 0) is 47.7 Å². The largest absolute Gasteiger partial charge is 0.452 e. The van der Waals surface area contributed by atoms with Crippen LogP contribution in [0.3, 0.4) is 0 Å². The van der Waals surface area contributed by atoms with Crippen LogP contribution in [-0.2, 0) is 16.0 Å². The highest BCUT2D eigenvalue weighted by atomic mass is 16.5. The molecule has 0 unspecified atom stereocenters. The summed E-state index contributed by atoms with van der Waals surface area (Å²) >= 11 is 0. The maximum atomic E-state index is 12.3. The monoisotopic (exact) mass is 348 g/mol. The molecule has 26 heavy (non-hydrogen) atoms. The van der Waals surface area contributed by atoms with E-state index in [1.165, 1.54) is 11.1 Å². The number of hydrogen-bond acceptors (Lipinski definition) is 5. The Labute approximate surface area is 149 Å². The predicted molar refractivity (Wildman–Crippen MR) is 94.8 cm³/mol. The van der Waals surface area contributed by atoms with Gasteiger partial charge in [-0.3, -0.25) is 4.79 Å². The first-order chi connectivity index (χ1) is 12.6. The molecule has 6 nitrogen and oxygen atoms in total. The predicted octanol–water partition coefficient (Wildman–Crippen LogP) is 3.35. The number of ether oxygens (including phenoxy) is 1. The summed E-state index contributed by atoms with van der Waals surface area (Å²) in [5.41, 5.74) is 5.02. The zero-order valence-electron chi connectivity index (χ0n) is 14.1. The molecular weight excluding hydrogens is 332 g/mol. The fourth-order valence-corrected chi connectivity index (χ4v) is 3.07. The van der Waals surface area contributed by atoms with Crippen LogP contribution in [0.25, 0.3) is 11.1 Å². The third-order valence-electron chi connectivity index (χ3n) is 4.26. The molecule has 1 N–H and O–H groups in total. The van der Waals surface area contributed by atoms with E-state index in [0.717, 1.165) is 17.5 Å². The lowest BCUT2D eigenvalue weighted by molar-refractivity contribution is -0.119. The quantitative estimate of drug-likeness (QED) is 0.572. The van der Waals surface area contributed by atoms with Crippen LogP contribution in [0.5, 0.6) is 0 Å². The van der Waals surface area contributed by atoms with Gasteiger partial charge in [-0.15, -0.1) is 0 Å². The lowest BCUT2D eigenvalue weighted by atomic mass is 10.0. The second-order valence-electron chi connectivity index (χ2n) is 6.15. The minimum Gasteiger partial charge on any atom is -0.452 e. The molecule has 0 saturated carbocycles. The van der Waals surface area contributed by atoms with Crippen molar-refractivity contribution in [2.75, 3.05) is 11.9 Å². The Hall–Kier alpha value is -3.41. The summed E-state index contributed by atoms with van der Waals surface area (Å²) in [6.07, 6.45) is 0.861. The molecule has 1 aliphatic carbocycles. The van der Waals surface area contributed by atoms with E-state index in [1.54, 1.807) is 19.1 Å². The summed E-state index contributed by atoms with van der Waals surface area (Å²) in [6, 6.07) is 15.2. The third-order valence-corrected chi connectivity index (χ3v) is 4.26. The molecule has 0 aliphatic heterocycles. The van der Waals surface area contributed by atoms with Gasteiger partial charge in [0.05, 0.1) is 5.56 Å². The van der Waals surface area contributed by atoms with E-state index in [1.807, 2.05) is 30.3 Å². The van der Waals surface area contributed by atoms with Gasteiger partial charge in [0.1, 0.15) is 5.76 Å². The minimum absolute atomic E-state index is 0.290. The average Bonchev–Trinajstić information content (AvgIpc) is 3.22. The van der Waals surface area contributed by atoms with Crippen molar-refractivity contribution in [2.24, 2.45) is 0 Å². The molecule has 0 radical (unpaired) electrons. The number of carbonyl (C=O) groups is 2. The lowest BCUT2D eigenvalue weighted by Gasteiger charge is -2.07. The second kappa shape index (κ2) is 6.48. The smallest absolute Gasteiger partial charge is 0.338 e. The van der Waals surface area contributed by atoms with Crippen LogP contribution in [0.2, 0.25) is 0 Å². The van der Waals surface area contributed by atoms with Crippen LogP contribution in [0.15, 0.2) is 53.1 Å². The van der Waals surface area contributed by atoms with Crippen LogP contribution in [-0.4, -0.2) is 23.6 Å². The number of aromatic nitrogens is 1. The molecule has 0 atom stereocenters. The molecule has 0 fully saturated rings. The van der Waals surface area contributed by atoms with E-state index >= 15 is 0 Å². The van der Waals surface area contributed by atoms with Crippen LogP contribution in [0, 0.1) is 6.92 Å². The van der Waals surface area contributed by atoms with Gasteiger partial charge in [0, 0.05) is 6.07 Å². The number of esters is 1. The highest BCUT2D eigenvalue weighted by molar-refractivity contribution is 5.96. The van der Waals surface area contributed by atoms with Crippen LogP contribution in [0.4, 0.5) is 5.82 Å². The Kier molecular flexibility index (Phi) is 4.01. The van der Waals surface area contributed by atoms with Crippen molar-refractivity contribution in [3.8, 4) is 11.1 Å². The highest BCUT2D eigenvalue weighted by Gasteiger charge is 2.20. The zero-order valence-corrected chi connectivity index (χ0v) is 14.1. The normalized spacial score (nSPS) is 11.6. The number of hydrogen-bond donors (Lipinski definition) is 1. The Bertz CT molecular complexity index is 1010. The summed E-state index contributed by atoms with van der Waals surface area (Å²) in [5, 5.41) is 6.16. The fourth-order valence-electron chi connectivity index (χ4n) is 3.07. The number of rotatable bonds is 4. The molecule has 0 saturated heterocycles. The van der Waals surface area contributed by atoms with Gasteiger partial charge in [0.2, 0.25) is 0 Å². The van der Waals surface area contributed by atoms with Crippen molar-refractivity contribution in [2.45, 2.75) is 13.3 Å². The fraction of sp³-hybridized carbons (Fsp3) is 0.150. The molecule has 6 heteroatoms. The maximum Gasteiger partial charge on any atom is 0.338 e. The number of carbonyl (C=O) groups excluding carboxylic acids is 2. The molecule has 1 amide bonds. The minimum atomic E-state index is -0.538. The van der Waals surface area contributed by atoms with Crippen molar-refractivity contribution in [1.29, 1.82) is 0 Å². The Balaban J connectivity index is 1.42. The first-order valence-electron chi connectivity index (χ1n) is 8.21. The first-order valence-corrected chi connectivity index (χ1v) is 8.21. The van der Waals surface area contributed by atoms with Crippen molar-refractivity contribution >= 4 is 17.7 Å². The topological polar surface area (TPSA) is 81.4 Å². The molecule has 3 aromatic rings. The lowest BCUT2D eigenvalue weighted by Crippen LogP contribution is -2.21. The highest BCUT2D eigenvalue weighted by Crippen LogP contribution is 2.36. The Morgan fingerprint density at radius 1 is 1.12 bits per heavy atom. The van der Waals surface area contributed by atoms with E-state index < -0.39 is 18.5 Å². The molecule has 130 valence electrons. The summed E-state index contributed by atoms with van der Waals surface area (Å²) < 4.78 is 9.97. The number of nitrogens with zero attached hydrogens (tertiary/aromatic N) is 1. The van der Waals surface area contributed by atoms with Crippen molar-refractivity contribution < 1.29 is 18.8 Å². The van der Waals surface area contributed by atoms with Gasteiger partial charge in [0.15, 0.2) is 12.4 Å². The molecule has 4 rings (SSSR count). The number of fused-ring (bicyclic) bond motifs is 3. The van der Waals surface area contributed by atoms with E-state index in [4.69, 9.17) is 9.26 Å². The van der Waals surface area contributed by atoms with Crippen LogP contribution >= 0.6 is 0 Å². The van der Waals surface area contributed by atoms with Gasteiger partial charge in [0.25, 0.3) is 5.91 Å². The average molecular weight is 348 g/mol. The second-order valence-corrected chi connectivity index (χ2v) is 6.15. The van der Waals surface area contributed by atoms with E-state index in [0.29, 0.717) is 11.3 Å². The molecule has 1 aromatic heterocycles. The zero-order chi connectivity index (χ0) is 18.1. The Morgan fingerprint density at radius 3 is 2.73 bits per heavy atom. The van der Waals surface area contributed by atoms with Crippen LogP contribution in [0.1, 0.15) is 27.2 Å². The SMILES string of the molecule is Cc1cc(NC(=O)COC(=O)c2ccc3c(c2)-c2ccccc2C3)no1. The van der Waals surface area contributed by atoms with Gasteiger partial charge < -0.3 is 14.6 Å². The van der Waals surface area contributed by atoms with E-state index in [-0.39, 0.29) is 5.82 Å². The third kappa shape index (κ3) is 3.09. The first kappa shape index (κ1) is 16.1. The Morgan fingerprint density at radius 2 is 1.92 bits per heavy atom. The van der Waals surface area contributed by atoms with E-state index in [2.05, 4.69) is 16.5 Å². The van der Waals surface area contributed by atoms with Crippen molar-refractivity contribution in [3.63, 3.8) is 0 Å². The molecular formula is C20H16N2O4. The number of anilines is 1.